The van der Waals surface area contributed by atoms with E-state index in [9.17, 15) is 9.90 Å². The minimum Gasteiger partial charge on any atom is -0.391 e. The summed E-state index contributed by atoms with van der Waals surface area (Å²) in [7, 11) is 0. The van der Waals surface area contributed by atoms with E-state index in [1.807, 2.05) is 0 Å². The molecule has 0 unspecified atom stereocenters. The Bertz CT molecular complexity index is 396. The van der Waals surface area contributed by atoms with Crippen molar-refractivity contribution in [2.45, 2.75) is 31.4 Å². The number of nitrogens with two attached hydrogens (primary N) is 1. The molecule has 0 bridgehead atoms. The zero-order valence-electron chi connectivity index (χ0n) is 8.76. The maximum absolute atomic E-state index is 11.1. The van der Waals surface area contributed by atoms with Crippen LogP contribution in [0.15, 0.2) is 12.5 Å². The van der Waals surface area contributed by atoms with Crippen LogP contribution in [-0.2, 0) is 0 Å². The van der Waals surface area contributed by atoms with Gasteiger partial charge in [-0.05, 0) is 19.3 Å². The Morgan fingerprint density at radius 3 is 3.00 bits per heavy atom. The molecule has 1 aromatic rings. The maximum Gasteiger partial charge on any atom is 0.254 e. The fraction of sp³-hybridized carbons (Fsp3) is 0.500. The second-order valence-electron chi connectivity index (χ2n) is 3.90. The van der Waals surface area contributed by atoms with E-state index >= 15 is 0 Å². The molecule has 2 rings (SSSR count). The van der Waals surface area contributed by atoms with Crippen LogP contribution < -0.4 is 11.1 Å². The molecule has 1 fully saturated rings. The zero-order valence-corrected chi connectivity index (χ0v) is 8.76. The van der Waals surface area contributed by atoms with E-state index in [-0.39, 0.29) is 11.6 Å². The molecule has 0 radical (unpaired) electrons. The van der Waals surface area contributed by atoms with Crippen molar-refractivity contribution in [2.24, 2.45) is 5.73 Å². The summed E-state index contributed by atoms with van der Waals surface area (Å²) >= 11 is 0. The van der Waals surface area contributed by atoms with Gasteiger partial charge < -0.3 is 16.2 Å². The number of aliphatic hydroxyl groups excluding tert-OH is 1. The first kappa shape index (κ1) is 10.8. The molecule has 1 aliphatic carbocycles. The zero-order chi connectivity index (χ0) is 11.5. The van der Waals surface area contributed by atoms with Crippen LogP contribution in [0, 0.1) is 0 Å². The summed E-state index contributed by atoms with van der Waals surface area (Å²) in [6.45, 7) is 0. The average Bonchev–Trinajstić information content (AvgIpc) is 2.65. The quantitative estimate of drug-likeness (QED) is 0.663. The van der Waals surface area contributed by atoms with Gasteiger partial charge in [0.1, 0.15) is 12.1 Å². The number of hydrogen-bond acceptors (Lipinski definition) is 5. The summed E-state index contributed by atoms with van der Waals surface area (Å²) in [6.07, 6.45) is 4.93. The number of aromatic nitrogens is 2. The third-order valence-corrected chi connectivity index (χ3v) is 2.78. The van der Waals surface area contributed by atoms with Gasteiger partial charge in [-0.25, -0.2) is 9.97 Å². The molecule has 2 atom stereocenters. The van der Waals surface area contributed by atoms with Gasteiger partial charge in [0.15, 0.2) is 0 Å². The molecular formula is C10H14N4O2. The molecule has 0 aliphatic heterocycles. The topological polar surface area (TPSA) is 101 Å². The van der Waals surface area contributed by atoms with Crippen LogP contribution >= 0.6 is 0 Å². The van der Waals surface area contributed by atoms with Crippen LogP contribution in [0.3, 0.4) is 0 Å². The molecule has 1 heterocycles. The lowest BCUT2D eigenvalue weighted by atomic mass is 10.2. The molecule has 0 aromatic carbocycles. The van der Waals surface area contributed by atoms with Crippen LogP contribution in [-0.4, -0.2) is 33.1 Å². The van der Waals surface area contributed by atoms with Gasteiger partial charge >= 0.3 is 0 Å². The molecule has 1 aliphatic rings. The summed E-state index contributed by atoms with van der Waals surface area (Å²) in [5.74, 6) is -0.177. The Balaban J connectivity index is 2.17. The Morgan fingerprint density at radius 1 is 1.56 bits per heavy atom. The lowest BCUT2D eigenvalue weighted by molar-refractivity contribution is 0.1000. The van der Waals surface area contributed by atoms with Crippen molar-refractivity contribution in [2.75, 3.05) is 5.32 Å². The average molecular weight is 222 g/mol. The summed E-state index contributed by atoms with van der Waals surface area (Å²) in [5, 5.41) is 12.7. The highest BCUT2D eigenvalue weighted by molar-refractivity contribution is 5.97. The highest BCUT2D eigenvalue weighted by Gasteiger charge is 2.26. The van der Waals surface area contributed by atoms with Gasteiger partial charge in [0.2, 0.25) is 0 Å². The normalized spacial score (nSPS) is 24.3. The number of anilines is 1. The van der Waals surface area contributed by atoms with E-state index < -0.39 is 12.0 Å². The highest BCUT2D eigenvalue weighted by Crippen LogP contribution is 2.23. The number of carbonyl (C=O) groups excluding carboxylic acids is 1. The first-order valence-electron chi connectivity index (χ1n) is 5.23. The van der Waals surface area contributed by atoms with E-state index in [1.165, 1.54) is 12.5 Å². The number of amides is 1. The number of primary amides is 1. The van der Waals surface area contributed by atoms with Gasteiger partial charge in [0.05, 0.1) is 17.7 Å². The largest absolute Gasteiger partial charge is 0.391 e. The fourth-order valence-corrected chi connectivity index (χ4v) is 1.91. The molecule has 1 aromatic heterocycles. The van der Waals surface area contributed by atoms with E-state index in [2.05, 4.69) is 15.3 Å². The van der Waals surface area contributed by atoms with Crippen LogP contribution in [0.25, 0.3) is 0 Å². The maximum atomic E-state index is 11.1. The summed E-state index contributed by atoms with van der Waals surface area (Å²) in [6, 6.07) is -0.0620. The molecule has 0 saturated heterocycles. The molecule has 6 nitrogen and oxygen atoms in total. The van der Waals surface area contributed by atoms with Gasteiger partial charge in [-0.3, -0.25) is 4.79 Å². The molecule has 6 heteroatoms. The van der Waals surface area contributed by atoms with Gasteiger partial charge in [-0.2, -0.15) is 0 Å². The van der Waals surface area contributed by atoms with E-state index in [1.54, 1.807) is 0 Å². The number of rotatable bonds is 3. The fourth-order valence-electron chi connectivity index (χ4n) is 1.91. The van der Waals surface area contributed by atoms with Crippen molar-refractivity contribution in [1.29, 1.82) is 0 Å². The number of carbonyl (C=O) groups is 1. The van der Waals surface area contributed by atoms with Crippen LogP contribution in [0.2, 0.25) is 0 Å². The third-order valence-electron chi connectivity index (χ3n) is 2.78. The molecule has 1 saturated carbocycles. The molecule has 4 N–H and O–H groups in total. The Hall–Kier alpha value is -1.69. The molecule has 1 amide bonds. The predicted molar refractivity (Wildman–Crippen MR) is 57.8 cm³/mol. The third kappa shape index (κ3) is 2.11. The number of aliphatic hydroxyl groups is 1. The van der Waals surface area contributed by atoms with Gasteiger partial charge in [-0.15, -0.1) is 0 Å². The molecular weight excluding hydrogens is 208 g/mol. The van der Waals surface area contributed by atoms with Crippen molar-refractivity contribution >= 4 is 11.7 Å². The number of nitrogens with zero attached hydrogens (tertiary/aromatic N) is 2. The number of nitrogens with one attached hydrogen (secondary N) is 1. The predicted octanol–water partition coefficient (Wildman–Crippen LogP) is -0.0992. The van der Waals surface area contributed by atoms with Crippen molar-refractivity contribution in [3.63, 3.8) is 0 Å². The standard InChI is InChI=1S/C10H14N4O2/c11-9(16)6-4-12-5-13-10(6)14-7-2-1-3-8(7)15/h4-5,7-8,15H,1-3H2,(H2,11,16)(H,12,13,14)/t7-,8+/m1/s1. The number of hydrogen-bond donors (Lipinski definition) is 3. The van der Waals surface area contributed by atoms with Crippen molar-refractivity contribution in [3.05, 3.63) is 18.1 Å². The van der Waals surface area contributed by atoms with Crippen LogP contribution in [0.1, 0.15) is 29.6 Å². The first-order valence-corrected chi connectivity index (χ1v) is 5.23. The smallest absolute Gasteiger partial charge is 0.254 e. The minimum absolute atomic E-state index is 0.0620. The first-order chi connectivity index (χ1) is 7.68. The Kier molecular flexibility index (Phi) is 3.00. The van der Waals surface area contributed by atoms with Crippen molar-refractivity contribution in [3.8, 4) is 0 Å². The summed E-state index contributed by atoms with van der Waals surface area (Å²) < 4.78 is 0. The highest BCUT2D eigenvalue weighted by atomic mass is 16.3. The second kappa shape index (κ2) is 4.44. The SMILES string of the molecule is NC(=O)c1cncnc1N[C@@H]1CCC[C@@H]1O. The lowest BCUT2D eigenvalue weighted by Crippen LogP contribution is -2.30. The van der Waals surface area contributed by atoms with Gasteiger partial charge in [0, 0.05) is 6.20 Å². The van der Waals surface area contributed by atoms with E-state index in [0.29, 0.717) is 5.82 Å². The molecule has 16 heavy (non-hydrogen) atoms. The Morgan fingerprint density at radius 2 is 2.38 bits per heavy atom. The van der Waals surface area contributed by atoms with E-state index in [4.69, 9.17) is 5.73 Å². The van der Waals surface area contributed by atoms with Gasteiger partial charge in [-0.1, -0.05) is 0 Å². The monoisotopic (exact) mass is 222 g/mol. The Labute approximate surface area is 92.9 Å². The van der Waals surface area contributed by atoms with E-state index in [0.717, 1.165) is 19.3 Å². The minimum atomic E-state index is -0.574. The van der Waals surface area contributed by atoms with Crippen LogP contribution in [0.5, 0.6) is 0 Å². The summed E-state index contributed by atoms with van der Waals surface area (Å²) in [4.78, 5) is 18.8. The lowest BCUT2D eigenvalue weighted by Gasteiger charge is -2.17. The molecule has 86 valence electrons. The second-order valence-corrected chi connectivity index (χ2v) is 3.90. The van der Waals surface area contributed by atoms with Crippen LogP contribution in [0.4, 0.5) is 5.82 Å². The van der Waals surface area contributed by atoms with Crippen molar-refractivity contribution < 1.29 is 9.90 Å². The molecule has 0 spiro atoms. The van der Waals surface area contributed by atoms with Crippen molar-refractivity contribution in [1.82, 2.24) is 9.97 Å². The van der Waals surface area contributed by atoms with Gasteiger partial charge in [0.25, 0.3) is 5.91 Å². The summed E-state index contributed by atoms with van der Waals surface area (Å²) in [5.41, 5.74) is 5.45.